The van der Waals surface area contributed by atoms with Crippen LogP contribution >= 0.6 is 15.9 Å². The standard InChI is InChI=1S/C15H15BrN2O/c16-13-4-2-8-18(10-13)15(19)12-5-6-14-11(9-12)3-1-7-17-14/h1,3,5-7,9,13H,2,4,8,10H2. The molecule has 3 nitrogen and oxygen atoms in total. The predicted molar refractivity (Wildman–Crippen MR) is 79.6 cm³/mol. The molecule has 1 saturated heterocycles. The minimum absolute atomic E-state index is 0.120. The fourth-order valence-corrected chi connectivity index (χ4v) is 3.17. The zero-order chi connectivity index (χ0) is 13.2. The van der Waals surface area contributed by atoms with E-state index in [0.29, 0.717) is 4.83 Å². The average Bonchev–Trinajstić information content (AvgIpc) is 2.46. The van der Waals surface area contributed by atoms with Gasteiger partial charge in [0.15, 0.2) is 0 Å². The number of nitrogens with zero attached hydrogens (tertiary/aromatic N) is 2. The molecule has 1 aromatic carbocycles. The SMILES string of the molecule is O=C(c1ccc2ncccc2c1)N1CCCC(Br)C1. The summed E-state index contributed by atoms with van der Waals surface area (Å²) in [6.07, 6.45) is 3.98. The Morgan fingerprint density at radius 2 is 2.26 bits per heavy atom. The van der Waals surface area contributed by atoms with Gasteiger partial charge in [0, 0.05) is 35.1 Å². The monoisotopic (exact) mass is 318 g/mol. The number of hydrogen-bond donors (Lipinski definition) is 0. The summed E-state index contributed by atoms with van der Waals surface area (Å²) in [5.74, 6) is 0.120. The fourth-order valence-electron chi connectivity index (χ4n) is 2.50. The lowest BCUT2D eigenvalue weighted by Crippen LogP contribution is -2.40. The molecule has 98 valence electrons. The number of halogens is 1. The number of hydrogen-bond acceptors (Lipinski definition) is 2. The third kappa shape index (κ3) is 2.63. The lowest BCUT2D eigenvalue weighted by atomic mass is 10.1. The third-order valence-corrected chi connectivity index (χ3v) is 4.25. The van der Waals surface area contributed by atoms with Crippen LogP contribution in [0.4, 0.5) is 0 Å². The Morgan fingerprint density at radius 3 is 3.11 bits per heavy atom. The Kier molecular flexibility index (Phi) is 3.51. The van der Waals surface area contributed by atoms with Gasteiger partial charge in [-0.05, 0) is 37.1 Å². The number of alkyl halides is 1. The molecule has 1 aliphatic heterocycles. The van der Waals surface area contributed by atoms with E-state index in [2.05, 4.69) is 20.9 Å². The second kappa shape index (κ2) is 5.29. The number of rotatable bonds is 1. The van der Waals surface area contributed by atoms with Crippen LogP contribution in [0.25, 0.3) is 10.9 Å². The lowest BCUT2D eigenvalue weighted by Gasteiger charge is -2.30. The van der Waals surface area contributed by atoms with Crippen LogP contribution in [0.5, 0.6) is 0 Å². The number of likely N-dealkylation sites (tertiary alicyclic amines) is 1. The van der Waals surface area contributed by atoms with Gasteiger partial charge in [0.25, 0.3) is 5.91 Å². The summed E-state index contributed by atoms with van der Waals surface area (Å²) in [6.45, 7) is 1.65. The maximum Gasteiger partial charge on any atom is 0.253 e. The van der Waals surface area contributed by atoms with Crippen LogP contribution in [0.1, 0.15) is 23.2 Å². The minimum atomic E-state index is 0.120. The van der Waals surface area contributed by atoms with E-state index < -0.39 is 0 Å². The number of carbonyl (C=O) groups excluding carboxylic acids is 1. The van der Waals surface area contributed by atoms with Gasteiger partial charge in [-0.3, -0.25) is 9.78 Å². The van der Waals surface area contributed by atoms with E-state index in [4.69, 9.17) is 0 Å². The number of aromatic nitrogens is 1. The first-order valence-electron chi connectivity index (χ1n) is 6.52. The zero-order valence-corrected chi connectivity index (χ0v) is 12.1. The quantitative estimate of drug-likeness (QED) is 0.756. The molecular formula is C15H15BrN2O. The molecule has 1 atom stereocenters. The summed E-state index contributed by atoms with van der Waals surface area (Å²) >= 11 is 3.61. The van der Waals surface area contributed by atoms with E-state index in [0.717, 1.165) is 42.4 Å². The molecule has 1 unspecified atom stereocenters. The number of piperidine rings is 1. The average molecular weight is 319 g/mol. The van der Waals surface area contributed by atoms with Gasteiger partial charge < -0.3 is 4.90 Å². The second-order valence-electron chi connectivity index (χ2n) is 4.90. The van der Waals surface area contributed by atoms with Crippen LogP contribution < -0.4 is 0 Å². The van der Waals surface area contributed by atoms with Gasteiger partial charge in [-0.1, -0.05) is 22.0 Å². The van der Waals surface area contributed by atoms with Crippen LogP contribution in [0.2, 0.25) is 0 Å². The van der Waals surface area contributed by atoms with E-state index in [-0.39, 0.29) is 5.91 Å². The molecule has 1 amide bonds. The smallest absolute Gasteiger partial charge is 0.253 e. The van der Waals surface area contributed by atoms with E-state index in [1.54, 1.807) is 6.20 Å². The van der Waals surface area contributed by atoms with Gasteiger partial charge >= 0.3 is 0 Å². The second-order valence-corrected chi connectivity index (χ2v) is 6.20. The number of amides is 1. The molecule has 1 aliphatic rings. The molecule has 2 aromatic rings. The van der Waals surface area contributed by atoms with Crippen molar-refractivity contribution >= 4 is 32.7 Å². The Hall–Kier alpha value is -1.42. The molecule has 3 rings (SSSR count). The topological polar surface area (TPSA) is 33.2 Å². The highest BCUT2D eigenvalue weighted by atomic mass is 79.9. The Bertz CT molecular complexity index is 614. The number of carbonyl (C=O) groups is 1. The first kappa shape index (κ1) is 12.6. The van der Waals surface area contributed by atoms with Gasteiger partial charge in [0.1, 0.15) is 0 Å². The summed E-state index contributed by atoms with van der Waals surface area (Å²) in [5, 5.41) is 1.01. The fraction of sp³-hybridized carbons (Fsp3) is 0.333. The first-order valence-corrected chi connectivity index (χ1v) is 7.44. The summed E-state index contributed by atoms with van der Waals surface area (Å²) in [4.78, 5) is 19.1. The lowest BCUT2D eigenvalue weighted by molar-refractivity contribution is 0.0730. The molecule has 19 heavy (non-hydrogen) atoms. The maximum atomic E-state index is 12.5. The highest BCUT2D eigenvalue weighted by Crippen LogP contribution is 2.20. The molecule has 0 radical (unpaired) electrons. The summed E-state index contributed by atoms with van der Waals surface area (Å²) in [5.41, 5.74) is 1.68. The van der Waals surface area contributed by atoms with Gasteiger partial charge in [-0.2, -0.15) is 0 Å². The van der Waals surface area contributed by atoms with Crippen LogP contribution in [-0.2, 0) is 0 Å². The third-order valence-electron chi connectivity index (χ3n) is 3.50. The van der Waals surface area contributed by atoms with Gasteiger partial charge in [-0.15, -0.1) is 0 Å². The Morgan fingerprint density at radius 1 is 1.37 bits per heavy atom. The molecule has 4 heteroatoms. The largest absolute Gasteiger partial charge is 0.338 e. The van der Waals surface area contributed by atoms with Crippen molar-refractivity contribution in [2.24, 2.45) is 0 Å². The normalized spacial score (nSPS) is 19.6. The molecule has 0 N–H and O–H groups in total. The molecule has 1 aromatic heterocycles. The van der Waals surface area contributed by atoms with Crippen molar-refractivity contribution in [1.29, 1.82) is 0 Å². The van der Waals surface area contributed by atoms with Gasteiger partial charge in [-0.25, -0.2) is 0 Å². The van der Waals surface area contributed by atoms with E-state index in [9.17, 15) is 4.79 Å². The molecule has 0 spiro atoms. The highest BCUT2D eigenvalue weighted by molar-refractivity contribution is 9.09. The number of pyridine rings is 1. The summed E-state index contributed by atoms with van der Waals surface area (Å²) < 4.78 is 0. The number of fused-ring (bicyclic) bond motifs is 1. The van der Waals surface area contributed by atoms with Crippen molar-refractivity contribution in [1.82, 2.24) is 9.88 Å². The van der Waals surface area contributed by atoms with E-state index >= 15 is 0 Å². The van der Waals surface area contributed by atoms with Crippen molar-refractivity contribution in [2.75, 3.05) is 13.1 Å². The zero-order valence-electron chi connectivity index (χ0n) is 10.6. The van der Waals surface area contributed by atoms with Crippen LogP contribution in [0.3, 0.4) is 0 Å². The molecule has 0 aliphatic carbocycles. The summed E-state index contributed by atoms with van der Waals surface area (Å²) in [6, 6.07) is 9.60. The maximum absolute atomic E-state index is 12.5. The van der Waals surface area contributed by atoms with E-state index in [1.807, 2.05) is 35.2 Å². The van der Waals surface area contributed by atoms with Crippen LogP contribution in [-0.4, -0.2) is 33.7 Å². The highest BCUT2D eigenvalue weighted by Gasteiger charge is 2.22. The van der Waals surface area contributed by atoms with Crippen molar-refractivity contribution in [3.05, 3.63) is 42.1 Å². The van der Waals surface area contributed by atoms with Crippen molar-refractivity contribution < 1.29 is 4.79 Å². The molecule has 1 fully saturated rings. The van der Waals surface area contributed by atoms with Crippen LogP contribution in [0.15, 0.2) is 36.5 Å². The Labute approximate surface area is 120 Å². The molecule has 2 heterocycles. The van der Waals surface area contributed by atoms with Crippen molar-refractivity contribution in [3.63, 3.8) is 0 Å². The number of benzene rings is 1. The van der Waals surface area contributed by atoms with Crippen molar-refractivity contribution in [3.8, 4) is 0 Å². The molecule has 0 saturated carbocycles. The molecule has 0 bridgehead atoms. The minimum Gasteiger partial charge on any atom is -0.338 e. The van der Waals surface area contributed by atoms with Crippen molar-refractivity contribution in [2.45, 2.75) is 17.7 Å². The van der Waals surface area contributed by atoms with E-state index in [1.165, 1.54) is 0 Å². The Balaban J connectivity index is 1.88. The van der Waals surface area contributed by atoms with Gasteiger partial charge in [0.2, 0.25) is 0 Å². The van der Waals surface area contributed by atoms with Gasteiger partial charge in [0.05, 0.1) is 5.52 Å². The summed E-state index contributed by atoms with van der Waals surface area (Å²) in [7, 11) is 0. The molecular weight excluding hydrogens is 304 g/mol. The first-order chi connectivity index (χ1) is 9.24. The van der Waals surface area contributed by atoms with Crippen LogP contribution in [0, 0.1) is 0 Å². The predicted octanol–water partition coefficient (Wildman–Crippen LogP) is 3.23.